The molecule has 2 aromatic carbocycles. The molecule has 3 rings (SSSR count). The Labute approximate surface area is 118 Å². The summed E-state index contributed by atoms with van der Waals surface area (Å²) in [5, 5.41) is 0.476. The van der Waals surface area contributed by atoms with Gasteiger partial charge in [0.2, 0.25) is 0 Å². The minimum atomic E-state index is 0.476. The van der Waals surface area contributed by atoms with Crippen molar-refractivity contribution in [1.82, 2.24) is 0 Å². The van der Waals surface area contributed by atoms with E-state index in [9.17, 15) is 0 Å². The van der Waals surface area contributed by atoms with Gasteiger partial charge in [0.05, 0.1) is 18.2 Å². The fourth-order valence-electron chi connectivity index (χ4n) is 2.42. The number of ether oxygens (including phenoxy) is 1. The number of methoxy groups -OCH3 is 1. The van der Waals surface area contributed by atoms with Gasteiger partial charge in [0, 0.05) is 11.4 Å². The monoisotopic (exact) mass is 271 g/mol. The van der Waals surface area contributed by atoms with Crippen LogP contribution < -0.4 is 9.64 Å². The van der Waals surface area contributed by atoms with Crippen LogP contribution >= 0.6 is 11.8 Å². The van der Waals surface area contributed by atoms with E-state index in [2.05, 4.69) is 48.2 Å². The van der Waals surface area contributed by atoms with Crippen molar-refractivity contribution in [1.29, 1.82) is 0 Å². The highest BCUT2D eigenvalue weighted by Gasteiger charge is 2.26. The van der Waals surface area contributed by atoms with Crippen LogP contribution in [0.4, 0.5) is 5.69 Å². The van der Waals surface area contributed by atoms with E-state index in [0.717, 1.165) is 12.3 Å². The van der Waals surface area contributed by atoms with Crippen LogP contribution in [0.5, 0.6) is 5.75 Å². The Bertz CT molecular complexity index is 584. The van der Waals surface area contributed by atoms with Crippen molar-refractivity contribution in [3.63, 3.8) is 0 Å². The van der Waals surface area contributed by atoms with E-state index in [-0.39, 0.29) is 0 Å². The number of anilines is 1. The van der Waals surface area contributed by atoms with Gasteiger partial charge in [0.15, 0.2) is 0 Å². The van der Waals surface area contributed by atoms with Gasteiger partial charge in [-0.1, -0.05) is 36.0 Å². The molecule has 1 aliphatic rings. The molecule has 0 N–H and O–H groups in total. The molecule has 3 heteroatoms. The number of hydrogen-bond acceptors (Lipinski definition) is 3. The second-order valence-corrected chi connectivity index (χ2v) is 6.02. The molecule has 1 unspecified atom stereocenters. The first-order chi connectivity index (χ1) is 9.28. The molecule has 1 aliphatic heterocycles. The molecule has 0 saturated heterocycles. The van der Waals surface area contributed by atoms with Gasteiger partial charge in [-0.15, -0.1) is 0 Å². The zero-order chi connectivity index (χ0) is 13.2. The Kier molecular flexibility index (Phi) is 3.38. The van der Waals surface area contributed by atoms with E-state index in [1.54, 1.807) is 7.11 Å². The molecule has 0 spiro atoms. The summed E-state index contributed by atoms with van der Waals surface area (Å²) in [4.78, 5) is 3.81. The molecule has 0 aliphatic carbocycles. The van der Waals surface area contributed by atoms with Crippen LogP contribution in [0.25, 0.3) is 0 Å². The molecule has 1 atom stereocenters. The van der Waals surface area contributed by atoms with Crippen molar-refractivity contribution in [3.8, 4) is 5.75 Å². The van der Waals surface area contributed by atoms with Gasteiger partial charge in [-0.25, -0.2) is 0 Å². The normalized spacial score (nSPS) is 17.4. The van der Waals surface area contributed by atoms with Crippen molar-refractivity contribution >= 4 is 17.4 Å². The highest BCUT2D eigenvalue weighted by molar-refractivity contribution is 8.00. The Hall–Kier alpha value is -1.61. The molecule has 0 fully saturated rings. The molecule has 2 aromatic rings. The van der Waals surface area contributed by atoms with Gasteiger partial charge in [-0.3, -0.25) is 0 Å². The summed E-state index contributed by atoms with van der Waals surface area (Å²) < 4.78 is 5.29. The van der Waals surface area contributed by atoms with Gasteiger partial charge in [-0.05, 0) is 36.8 Å². The lowest BCUT2D eigenvalue weighted by atomic mass is 10.2. The maximum atomic E-state index is 5.29. The molecule has 0 aromatic heterocycles. The number of nitrogens with zero attached hydrogens (tertiary/aromatic N) is 1. The average molecular weight is 271 g/mol. The molecule has 19 heavy (non-hydrogen) atoms. The molecular weight excluding hydrogens is 254 g/mol. The first-order valence-electron chi connectivity index (χ1n) is 6.43. The van der Waals surface area contributed by atoms with Gasteiger partial charge in [0.1, 0.15) is 5.75 Å². The highest BCUT2D eigenvalue weighted by Crippen LogP contribution is 2.43. The zero-order valence-corrected chi connectivity index (χ0v) is 12.0. The Morgan fingerprint density at radius 2 is 2.00 bits per heavy atom. The van der Waals surface area contributed by atoms with Crippen LogP contribution in [-0.4, -0.2) is 12.5 Å². The molecule has 2 nitrogen and oxygen atoms in total. The van der Waals surface area contributed by atoms with Crippen LogP contribution in [0.3, 0.4) is 0 Å². The number of para-hydroxylation sites is 1. The Balaban J connectivity index is 1.87. The Morgan fingerprint density at radius 1 is 1.16 bits per heavy atom. The van der Waals surface area contributed by atoms with Crippen molar-refractivity contribution in [3.05, 3.63) is 54.1 Å². The van der Waals surface area contributed by atoms with E-state index >= 15 is 0 Å². The average Bonchev–Trinajstić information content (AvgIpc) is 2.76. The molecule has 0 amide bonds. The van der Waals surface area contributed by atoms with Crippen molar-refractivity contribution in [2.45, 2.75) is 23.7 Å². The summed E-state index contributed by atoms with van der Waals surface area (Å²) in [6.07, 6.45) is 0. The quantitative estimate of drug-likeness (QED) is 0.832. The lowest BCUT2D eigenvalue weighted by molar-refractivity contribution is 0.414. The summed E-state index contributed by atoms with van der Waals surface area (Å²) >= 11 is 1.92. The third-order valence-corrected chi connectivity index (χ3v) is 4.59. The van der Waals surface area contributed by atoms with Gasteiger partial charge < -0.3 is 9.64 Å². The van der Waals surface area contributed by atoms with E-state index in [4.69, 9.17) is 4.74 Å². The third kappa shape index (κ3) is 2.43. The lowest BCUT2D eigenvalue weighted by Crippen LogP contribution is -2.26. The second-order valence-electron chi connectivity index (χ2n) is 4.66. The van der Waals surface area contributed by atoms with Crippen LogP contribution in [0.15, 0.2) is 53.4 Å². The fourth-order valence-corrected chi connectivity index (χ4v) is 3.56. The number of fused-ring (bicyclic) bond motifs is 1. The maximum absolute atomic E-state index is 5.29. The van der Waals surface area contributed by atoms with Gasteiger partial charge in [-0.2, -0.15) is 0 Å². The molecule has 0 saturated carbocycles. The first kappa shape index (κ1) is 12.4. The second kappa shape index (κ2) is 5.17. The number of rotatable bonds is 3. The Morgan fingerprint density at radius 3 is 2.84 bits per heavy atom. The first-order valence-corrected chi connectivity index (χ1v) is 7.31. The van der Waals surface area contributed by atoms with E-state index in [1.165, 1.54) is 16.1 Å². The van der Waals surface area contributed by atoms with E-state index in [0.29, 0.717) is 5.37 Å². The fraction of sp³-hybridized carbons (Fsp3) is 0.250. The maximum Gasteiger partial charge on any atom is 0.119 e. The number of thioether (sulfide) groups is 1. The van der Waals surface area contributed by atoms with Crippen LogP contribution in [-0.2, 0) is 6.54 Å². The standard InChI is InChI=1S/C16H17NOS/c1-12-17(15-8-3-4-9-16(15)19-12)11-13-6-5-7-14(10-13)18-2/h3-10,12H,11H2,1-2H3. The van der Waals surface area contributed by atoms with Gasteiger partial charge in [0.25, 0.3) is 0 Å². The summed E-state index contributed by atoms with van der Waals surface area (Å²) in [5.41, 5.74) is 2.62. The topological polar surface area (TPSA) is 12.5 Å². The molecule has 0 bridgehead atoms. The molecule has 1 heterocycles. The zero-order valence-electron chi connectivity index (χ0n) is 11.2. The minimum absolute atomic E-state index is 0.476. The van der Waals surface area contributed by atoms with E-state index in [1.807, 2.05) is 23.9 Å². The smallest absolute Gasteiger partial charge is 0.119 e. The number of hydrogen-bond donors (Lipinski definition) is 0. The van der Waals surface area contributed by atoms with Crippen LogP contribution in [0.1, 0.15) is 12.5 Å². The predicted molar refractivity (Wildman–Crippen MR) is 80.9 cm³/mol. The van der Waals surface area contributed by atoms with E-state index < -0.39 is 0 Å². The lowest BCUT2D eigenvalue weighted by Gasteiger charge is -2.24. The minimum Gasteiger partial charge on any atom is -0.497 e. The molecule has 98 valence electrons. The van der Waals surface area contributed by atoms with Gasteiger partial charge >= 0.3 is 0 Å². The van der Waals surface area contributed by atoms with Crippen molar-refractivity contribution in [2.24, 2.45) is 0 Å². The van der Waals surface area contributed by atoms with Crippen molar-refractivity contribution in [2.75, 3.05) is 12.0 Å². The summed E-state index contributed by atoms with van der Waals surface area (Å²) in [6.45, 7) is 3.17. The number of benzene rings is 2. The van der Waals surface area contributed by atoms with Crippen LogP contribution in [0, 0.1) is 0 Å². The summed E-state index contributed by atoms with van der Waals surface area (Å²) in [5.74, 6) is 0.922. The highest BCUT2D eigenvalue weighted by atomic mass is 32.2. The predicted octanol–water partition coefficient (Wildman–Crippen LogP) is 4.15. The summed E-state index contributed by atoms with van der Waals surface area (Å²) in [6, 6.07) is 16.9. The van der Waals surface area contributed by atoms with Crippen LogP contribution in [0.2, 0.25) is 0 Å². The third-order valence-electron chi connectivity index (χ3n) is 3.40. The molecular formula is C16H17NOS. The largest absolute Gasteiger partial charge is 0.497 e. The molecule has 0 radical (unpaired) electrons. The summed E-state index contributed by atoms with van der Waals surface area (Å²) in [7, 11) is 1.71. The SMILES string of the molecule is COc1cccc(CN2c3ccccc3SC2C)c1. The van der Waals surface area contributed by atoms with Crippen molar-refractivity contribution < 1.29 is 4.74 Å².